The topological polar surface area (TPSA) is 91.5 Å². The molecular formula is C23H26F3N3O4. The molecule has 0 unspecified atom stereocenters. The molecule has 7 nitrogen and oxygen atoms in total. The molecule has 178 valence electrons. The van der Waals surface area contributed by atoms with Crippen molar-refractivity contribution >= 4 is 28.7 Å². The average molecular weight is 465 g/mol. The maximum Gasteiger partial charge on any atom is 0.490 e. The minimum Gasteiger partial charge on any atom is -0.453 e. The fourth-order valence-electron chi connectivity index (χ4n) is 4.66. The Morgan fingerprint density at radius 2 is 1.94 bits per heavy atom. The summed E-state index contributed by atoms with van der Waals surface area (Å²) in [5.41, 5.74) is 1.03. The molecule has 3 heterocycles. The van der Waals surface area contributed by atoms with Crippen molar-refractivity contribution in [2.75, 3.05) is 6.54 Å². The number of esters is 1. The normalized spacial score (nSPS) is 21.3. The van der Waals surface area contributed by atoms with Crippen LogP contribution in [0.2, 0.25) is 0 Å². The summed E-state index contributed by atoms with van der Waals surface area (Å²) in [7, 11) is 0. The summed E-state index contributed by atoms with van der Waals surface area (Å²) in [5, 5.41) is 3.72. The van der Waals surface area contributed by atoms with E-state index in [1.54, 1.807) is 4.90 Å². The van der Waals surface area contributed by atoms with Gasteiger partial charge in [0.05, 0.1) is 0 Å². The Hall–Kier alpha value is -3.04. The number of H-pyrrole nitrogens is 1. The van der Waals surface area contributed by atoms with Gasteiger partial charge >= 0.3 is 12.1 Å². The highest BCUT2D eigenvalue weighted by atomic mass is 19.4. The summed E-state index contributed by atoms with van der Waals surface area (Å²) in [4.78, 5) is 41.7. The van der Waals surface area contributed by atoms with Crippen molar-refractivity contribution in [2.45, 2.75) is 69.8 Å². The van der Waals surface area contributed by atoms with Crippen LogP contribution in [0.25, 0.3) is 10.9 Å². The van der Waals surface area contributed by atoms with Gasteiger partial charge in [-0.05, 0) is 51.2 Å². The molecule has 0 bridgehead atoms. The average Bonchev–Trinajstić information content (AvgIpc) is 3.35. The van der Waals surface area contributed by atoms with Crippen molar-refractivity contribution < 1.29 is 32.3 Å². The number of piperazine rings is 1. The molecule has 2 aliphatic rings. The number of nitrogens with zero attached hydrogens (tertiary/aromatic N) is 1. The Balaban J connectivity index is 1.56. The third-order valence-electron chi connectivity index (χ3n) is 6.34. The van der Waals surface area contributed by atoms with Gasteiger partial charge in [0.25, 0.3) is 0 Å². The SMILES string of the molecule is CC(C)(CCc1[nH]c2ccccc2c1C[C@@H]1NC(=O)[C@@H]2CCCN2C1=O)OC(=O)C(F)(F)F. The minimum absolute atomic E-state index is 0.118. The quantitative estimate of drug-likeness (QED) is 0.642. The number of fused-ring (bicyclic) bond motifs is 2. The first-order valence-corrected chi connectivity index (χ1v) is 11.0. The largest absolute Gasteiger partial charge is 0.490 e. The fraction of sp³-hybridized carbons (Fsp3) is 0.522. The monoisotopic (exact) mass is 465 g/mol. The summed E-state index contributed by atoms with van der Waals surface area (Å²) in [6.07, 6.45) is -2.92. The maximum absolute atomic E-state index is 13.0. The Labute approximate surface area is 188 Å². The van der Waals surface area contributed by atoms with Crippen LogP contribution >= 0.6 is 0 Å². The second-order valence-corrected chi connectivity index (χ2v) is 9.23. The van der Waals surface area contributed by atoms with E-state index in [4.69, 9.17) is 0 Å². The van der Waals surface area contributed by atoms with Crippen molar-refractivity contribution in [1.29, 1.82) is 0 Å². The van der Waals surface area contributed by atoms with E-state index in [0.717, 1.165) is 28.6 Å². The van der Waals surface area contributed by atoms with Crippen molar-refractivity contribution in [3.63, 3.8) is 0 Å². The predicted octanol–water partition coefficient (Wildman–Crippen LogP) is 3.02. The lowest BCUT2D eigenvalue weighted by atomic mass is 9.94. The number of hydrogen-bond acceptors (Lipinski definition) is 4. The molecule has 1 aromatic heterocycles. The van der Waals surface area contributed by atoms with Gasteiger partial charge in [-0.3, -0.25) is 9.59 Å². The van der Waals surface area contributed by atoms with Crippen LogP contribution in [0.15, 0.2) is 24.3 Å². The molecule has 2 N–H and O–H groups in total. The highest BCUT2D eigenvalue weighted by Crippen LogP contribution is 2.30. The van der Waals surface area contributed by atoms with Crippen LogP contribution < -0.4 is 5.32 Å². The number of carbonyl (C=O) groups is 3. The molecule has 2 amide bonds. The zero-order chi connectivity index (χ0) is 24.0. The van der Waals surface area contributed by atoms with Gasteiger partial charge in [-0.15, -0.1) is 0 Å². The molecule has 1 aromatic carbocycles. The number of alkyl halides is 3. The number of aromatic amines is 1. The summed E-state index contributed by atoms with van der Waals surface area (Å²) in [5.74, 6) is -2.49. The highest BCUT2D eigenvalue weighted by Gasteiger charge is 2.44. The molecule has 2 atom stereocenters. The van der Waals surface area contributed by atoms with Crippen molar-refractivity contribution in [3.05, 3.63) is 35.5 Å². The summed E-state index contributed by atoms with van der Waals surface area (Å²) >= 11 is 0. The fourth-order valence-corrected chi connectivity index (χ4v) is 4.66. The third kappa shape index (κ3) is 4.69. The van der Waals surface area contributed by atoms with Crippen LogP contribution in [-0.2, 0) is 32.0 Å². The lowest BCUT2D eigenvalue weighted by Gasteiger charge is -2.34. The number of nitrogens with one attached hydrogen (secondary N) is 2. The molecule has 2 aliphatic heterocycles. The second-order valence-electron chi connectivity index (χ2n) is 9.23. The van der Waals surface area contributed by atoms with E-state index in [1.807, 2.05) is 24.3 Å². The maximum atomic E-state index is 13.0. The number of ether oxygens (including phenoxy) is 1. The number of halogens is 3. The van der Waals surface area contributed by atoms with E-state index in [2.05, 4.69) is 15.0 Å². The number of amides is 2. The second kappa shape index (κ2) is 8.39. The smallest absolute Gasteiger partial charge is 0.453 e. The van der Waals surface area contributed by atoms with Crippen LogP contribution in [0, 0.1) is 0 Å². The van der Waals surface area contributed by atoms with Gasteiger partial charge in [0.2, 0.25) is 11.8 Å². The standard InChI is InChI=1S/C23H26F3N3O4/c1-22(2,33-21(32)23(24,25)26)10-9-16-14(13-6-3-4-7-15(13)27-16)12-17-20(31)29-11-5-8-18(29)19(30)28-17/h3-4,6-7,17-18,27H,5,8-12H2,1-2H3,(H,28,30)/t17-,18-/m0/s1. The first-order chi connectivity index (χ1) is 15.5. The van der Waals surface area contributed by atoms with Gasteiger partial charge in [-0.25, -0.2) is 4.79 Å². The number of hydrogen-bond donors (Lipinski definition) is 2. The Bertz CT molecular complexity index is 1090. The van der Waals surface area contributed by atoms with E-state index in [0.29, 0.717) is 19.4 Å². The molecule has 0 aliphatic carbocycles. The molecule has 0 saturated carbocycles. The Morgan fingerprint density at radius 1 is 1.21 bits per heavy atom. The van der Waals surface area contributed by atoms with E-state index in [-0.39, 0.29) is 24.7 Å². The van der Waals surface area contributed by atoms with Gasteiger partial charge in [-0.1, -0.05) is 18.2 Å². The molecule has 33 heavy (non-hydrogen) atoms. The summed E-state index contributed by atoms with van der Waals surface area (Å²) in [6, 6.07) is 6.36. The Kier molecular flexibility index (Phi) is 5.88. The van der Waals surface area contributed by atoms with E-state index < -0.39 is 29.8 Å². The number of benzene rings is 1. The number of aromatic nitrogens is 1. The van der Waals surface area contributed by atoms with Gasteiger partial charge in [0, 0.05) is 29.6 Å². The van der Waals surface area contributed by atoms with Crippen molar-refractivity contribution in [2.24, 2.45) is 0 Å². The summed E-state index contributed by atoms with van der Waals surface area (Å²) < 4.78 is 42.5. The minimum atomic E-state index is -5.06. The number of para-hydroxylation sites is 1. The van der Waals surface area contributed by atoms with Crippen molar-refractivity contribution in [3.8, 4) is 0 Å². The molecule has 0 spiro atoms. The van der Waals surface area contributed by atoms with Crippen LogP contribution in [0.5, 0.6) is 0 Å². The predicted molar refractivity (Wildman–Crippen MR) is 113 cm³/mol. The van der Waals surface area contributed by atoms with E-state index >= 15 is 0 Å². The van der Waals surface area contributed by atoms with E-state index in [9.17, 15) is 27.6 Å². The van der Waals surface area contributed by atoms with Crippen LogP contribution in [-0.4, -0.2) is 58.1 Å². The van der Waals surface area contributed by atoms with Crippen molar-refractivity contribution in [1.82, 2.24) is 15.2 Å². The molecule has 10 heteroatoms. The van der Waals surface area contributed by atoms with Gasteiger partial charge in [0.1, 0.15) is 17.7 Å². The molecule has 0 radical (unpaired) electrons. The zero-order valence-corrected chi connectivity index (χ0v) is 18.4. The molecular weight excluding hydrogens is 439 g/mol. The first-order valence-electron chi connectivity index (χ1n) is 11.0. The third-order valence-corrected chi connectivity index (χ3v) is 6.34. The lowest BCUT2D eigenvalue weighted by molar-refractivity contribution is -0.211. The number of carbonyl (C=O) groups excluding carboxylic acids is 3. The van der Waals surface area contributed by atoms with Gasteiger partial charge in [0.15, 0.2) is 0 Å². The lowest BCUT2D eigenvalue weighted by Crippen LogP contribution is -2.61. The zero-order valence-electron chi connectivity index (χ0n) is 18.4. The van der Waals surface area contributed by atoms with Gasteiger partial charge < -0.3 is 19.9 Å². The van der Waals surface area contributed by atoms with Crippen LogP contribution in [0.1, 0.15) is 44.4 Å². The molecule has 2 aromatic rings. The van der Waals surface area contributed by atoms with Gasteiger partial charge in [-0.2, -0.15) is 13.2 Å². The molecule has 4 rings (SSSR count). The van der Waals surface area contributed by atoms with E-state index in [1.165, 1.54) is 13.8 Å². The summed E-state index contributed by atoms with van der Waals surface area (Å²) in [6.45, 7) is 3.42. The number of rotatable bonds is 6. The first kappa shape index (κ1) is 23.1. The molecule has 2 fully saturated rings. The Morgan fingerprint density at radius 3 is 2.67 bits per heavy atom. The van der Waals surface area contributed by atoms with Crippen LogP contribution in [0.4, 0.5) is 13.2 Å². The number of aryl methyl sites for hydroxylation is 1. The molecule has 2 saturated heterocycles. The highest BCUT2D eigenvalue weighted by molar-refractivity contribution is 5.98. The van der Waals surface area contributed by atoms with Crippen LogP contribution in [0.3, 0.4) is 0 Å².